The van der Waals surface area contributed by atoms with Gasteiger partial charge in [-0.1, -0.05) is 42.0 Å². The van der Waals surface area contributed by atoms with Gasteiger partial charge >= 0.3 is 0 Å². The number of amides is 1. The van der Waals surface area contributed by atoms with Gasteiger partial charge in [-0.25, -0.2) is 0 Å². The molecule has 1 amide bonds. The number of anilines is 3. The number of hydrogen-bond donors (Lipinski definition) is 3. The van der Waals surface area contributed by atoms with Crippen LogP contribution in [0, 0.1) is 13.8 Å². The zero-order valence-corrected chi connectivity index (χ0v) is 19.4. The number of aromatic nitrogens is 2. The summed E-state index contributed by atoms with van der Waals surface area (Å²) in [6.45, 7) is 5.89. The Kier molecular flexibility index (Phi) is 7.78. The Balaban J connectivity index is 1.59. The summed E-state index contributed by atoms with van der Waals surface area (Å²) >= 11 is 8.29. The number of hydrogen-bond acceptors (Lipinski definition) is 6. The van der Waals surface area contributed by atoms with Gasteiger partial charge in [0.2, 0.25) is 11.0 Å². The maximum absolute atomic E-state index is 12.6. The highest BCUT2D eigenvalue weighted by Gasteiger charge is 2.19. The topological polar surface area (TPSA) is 78.9 Å². The van der Waals surface area contributed by atoms with Crippen molar-refractivity contribution in [2.24, 2.45) is 0 Å². The maximum atomic E-state index is 12.6. The molecular weight excluding hydrogens is 434 g/mol. The number of carbonyl (C=O) groups is 1. The van der Waals surface area contributed by atoms with Gasteiger partial charge in [0.15, 0.2) is 5.11 Å². The number of nitrogens with one attached hydrogen (secondary N) is 3. The molecular formula is C21H23N5OS3. The highest BCUT2D eigenvalue weighted by molar-refractivity contribution is 8.00. The van der Waals surface area contributed by atoms with E-state index in [4.69, 9.17) is 12.2 Å². The van der Waals surface area contributed by atoms with E-state index in [1.54, 1.807) is 0 Å². The number of thiocarbonyl (C=S) groups is 1. The van der Waals surface area contributed by atoms with Crippen LogP contribution in [0.3, 0.4) is 0 Å². The van der Waals surface area contributed by atoms with Crippen LogP contribution in [-0.2, 0) is 4.79 Å². The van der Waals surface area contributed by atoms with Gasteiger partial charge in [-0.05, 0) is 62.8 Å². The van der Waals surface area contributed by atoms with Crippen LogP contribution in [0.15, 0.2) is 53.4 Å². The summed E-state index contributed by atoms with van der Waals surface area (Å²) in [5.74, 6) is -0.0754. The van der Waals surface area contributed by atoms with E-state index in [1.807, 2.05) is 69.3 Å². The Bertz CT molecular complexity index is 1020. The first-order chi connectivity index (χ1) is 14.4. The minimum atomic E-state index is -0.234. The molecule has 3 aromatic rings. The molecule has 0 fully saturated rings. The molecule has 6 nitrogen and oxygen atoms in total. The zero-order chi connectivity index (χ0) is 21.5. The van der Waals surface area contributed by atoms with Crippen molar-refractivity contribution in [3.8, 4) is 0 Å². The van der Waals surface area contributed by atoms with E-state index in [2.05, 4.69) is 26.1 Å². The lowest BCUT2D eigenvalue weighted by Crippen LogP contribution is -2.24. The van der Waals surface area contributed by atoms with E-state index >= 15 is 0 Å². The normalized spacial score (nSPS) is 11.6. The van der Waals surface area contributed by atoms with Crippen molar-refractivity contribution < 1.29 is 4.79 Å². The van der Waals surface area contributed by atoms with E-state index in [-0.39, 0.29) is 11.2 Å². The maximum Gasteiger partial charge on any atom is 0.239 e. The molecule has 3 rings (SSSR count). The van der Waals surface area contributed by atoms with Crippen LogP contribution in [0.4, 0.5) is 16.5 Å². The van der Waals surface area contributed by atoms with Gasteiger partial charge in [0.1, 0.15) is 5.01 Å². The summed E-state index contributed by atoms with van der Waals surface area (Å²) in [7, 11) is 0. The predicted molar refractivity (Wildman–Crippen MR) is 131 cm³/mol. The van der Waals surface area contributed by atoms with Gasteiger partial charge in [0, 0.05) is 16.3 Å². The zero-order valence-electron chi connectivity index (χ0n) is 16.9. The predicted octanol–water partition coefficient (Wildman–Crippen LogP) is 5.47. The van der Waals surface area contributed by atoms with Gasteiger partial charge in [-0.2, -0.15) is 0 Å². The molecule has 1 unspecified atom stereocenters. The Morgan fingerprint density at radius 1 is 1.07 bits per heavy atom. The van der Waals surface area contributed by atoms with Crippen molar-refractivity contribution in [2.45, 2.75) is 37.3 Å². The Labute approximate surface area is 189 Å². The molecule has 9 heteroatoms. The SMILES string of the molecule is CCC(Sc1cccc(NC(=S)Nc2ccc(C)cc2)c1)C(=O)Nc1nnc(C)s1. The molecule has 3 N–H and O–H groups in total. The van der Waals surface area contributed by atoms with Crippen molar-refractivity contribution in [3.63, 3.8) is 0 Å². The molecule has 0 bridgehead atoms. The van der Waals surface area contributed by atoms with Crippen molar-refractivity contribution in [1.29, 1.82) is 0 Å². The van der Waals surface area contributed by atoms with E-state index in [0.29, 0.717) is 16.7 Å². The number of aryl methyl sites for hydroxylation is 2. The standard InChI is InChI=1S/C21H23N5OS3/c1-4-18(19(27)24-21-26-25-14(3)29-21)30-17-7-5-6-16(12-17)23-20(28)22-15-10-8-13(2)9-11-15/h5-12,18H,4H2,1-3H3,(H2,22,23,28)(H,24,26,27). The first-order valence-corrected chi connectivity index (χ1v) is 11.6. The molecule has 0 aliphatic rings. The van der Waals surface area contributed by atoms with Gasteiger partial charge in [-0.15, -0.1) is 22.0 Å². The quantitative estimate of drug-likeness (QED) is 0.320. The number of nitrogens with zero attached hydrogens (tertiary/aromatic N) is 2. The van der Waals surface area contributed by atoms with Crippen LogP contribution in [0.2, 0.25) is 0 Å². The number of rotatable bonds is 7. The lowest BCUT2D eigenvalue weighted by molar-refractivity contribution is -0.115. The lowest BCUT2D eigenvalue weighted by atomic mass is 10.2. The third-order valence-corrected chi connectivity index (χ3v) is 6.42. The van der Waals surface area contributed by atoms with E-state index in [9.17, 15) is 4.79 Å². The number of carbonyl (C=O) groups excluding carboxylic acids is 1. The van der Waals surface area contributed by atoms with Crippen molar-refractivity contribution >= 4 is 62.8 Å². The molecule has 2 aromatic carbocycles. The Morgan fingerprint density at radius 3 is 2.47 bits per heavy atom. The molecule has 30 heavy (non-hydrogen) atoms. The highest BCUT2D eigenvalue weighted by atomic mass is 32.2. The largest absolute Gasteiger partial charge is 0.332 e. The second kappa shape index (κ2) is 10.5. The summed E-state index contributed by atoms with van der Waals surface area (Å²) in [6, 6.07) is 15.9. The third-order valence-electron chi connectivity index (χ3n) is 4.10. The number of thioether (sulfide) groups is 1. The second-order valence-electron chi connectivity index (χ2n) is 6.60. The molecule has 156 valence electrons. The van der Waals surface area contributed by atoms with Gasteiger partial charge in [0.05, 0.1) is 5.25 Å². The summed E-state index contributed by atoms with van der Waals surface area (Å²) in [5.41, 5.74) is 2.98. The van der Waals surface area contributed by atoms with E-state index in [1.165, 1.54) is 28.7 Å². The Hall–Kier alpha value is -2.49. The van der Waals surface area contributed by atoms with E-state index < -0.39 is 0 Å². The number of benzene rings is 2. The van der Waals surface area contributed by atoms with Crippen LogP contribution in [0.25, 0.3) is 0 Å². The molecule has 0 saturated carbocycles. The highest BCUT2D eigenvalue weighted by Crippen LogP contribution is 2.29. The average molecular weight is 458 g/mol. The minimum absolute atomic E-state index is 0.0754. The van der Waals surface area contributed by atoms with Gasteiger partial charge in [-0.3, -0.25) is 10.1 Å². The van der Waals surface area contributed by atoms with Gasteiger partial charge < -0.3 is 10.6 Å². The first kappa shape index (κ1) is 22.2. The molecule has 0 saturated heterocycles. The van der Waals surface area contributed by atoms with Crippen molar-refractivity contribution in [3.05, 3.63) is 59.1 Å². The fourth-order valence-corrected chi connectivity index (χ4v) is 4.44. The second-order valence-corrected chi connectivity index (χ2v) is 9.47. The van der Waals surface area contributed by atoms with E-state index in [0.717, 1.165) is 21.3 Å². The molecule has 1 aromatic heterocycles. The summed E-state index contributed by atoms with van der Waals surface area (Å²) in [6.07, 6.45) is 0.694. The van der Waals surface area contributed by atoms with Gasteiger partial charge in [0.25, 0.3) is 0 Å². The van der Waals surface area contributed by atoms with Crippen LogP contribution >= 0.6 is 35.3 Å². The Morgan fingerprint density at radius 2 is 1.80 bits per heavy atom. The molecule has 0 spiro atoms. The lowest BCUT2D eigenvalue weighted by Gasteiger charge is -2.15. The fraction of sp³-hybridized carbons (Fsp3) is 0.238. The smallest absolute Gasteiger partial charge is 0.239 e. The molecule has 1 heterocycles. The van der Waals surface area contributed by atoms with Crippen LogP contribution in [0.5, 0.6) is 0 Å². The summed E-state index contributed by atoms with van der Waals surface area (Å²) < 4.78 is 0. The molecule has 1 atom stereocenters. The van der Waals surface area contributed by atoms with Crippen LogP contribution in [-0.4, -0.2) is 26.5 Å². The van der Waals surface area contributed by atoms with Crippen molar-refractivity contribution in [1.82, 2.24) is 10.2 Å². The van der Waals surface area contributed by atoms with Crippen LogP contribution < -0.4 is 16.0 Å². The first-order valence-electron chi connectivity index (χ1n) is 9.45. The monoisotopic (exact) mass is 457 g/mol. The van der Waals surface area contributed by atoms with Crippen LogP contribution in [0.1, 0.15) is 23.9 Å². The van der Waals surface area contributed by atoms with Crippen molar-refractivity contribution in [2.75, 3.05) is 16.0 Å². The molecule has 0 aliphatic carbocycles. The minimum Gasteiger partial charge on any atom is -0.332 e. The molecule has 0 aliphatic heterocycles. The average Bonchev–Trinajstić information content (AvgIpc) is 3.12. The summed E-state index contributed by atoms with van der Waals surface area (Å²) in [5, 5.41) is 18.7. The third kappa shape index (κ3) is 6.51. The molecule has 0 radical (unpaired) electrons. The summed E-state index contributed by atoms with van der Waals surface area (Å²) in [4.78, 5) is 13.6. The fourth-order valence-electron chi connectivity index (χ4n) is 2.60.